The van der Waals surface area contributed by atoms with Crippen LogP contribution < -0.4 is 0 Å². The minimum absolute atomic E-state index is 0.157. The Labute approximate surface area is 474 Å². The highest BCUT2D eigenvalue weighted by Gasteiger charge is 2.38. The van der Waals surface area contributed by atoms with Crippen LogP contribution in [0.1, 0.15) is 40.3 Å². The van der Waals surface area contributed by atoms with E-state index in [-0.39, 0.29) is 11.2 Å². The van der Waals surface area contributed by atoms with Gasteiger partial charge in [0.15, 0.2) is 0 Å². The minimum atomic E-state index is 0.157. The van der Waals surface area contributed by atoms with E-state index in [2.05, 4.69) is 249 Å². The van der Waals surface area contributed by atoms with Gasteiger partial charge in [-0.15, -0.1) is 11.8 Å². The maximum absolute atomic E-state index is 13.0. The van der Waals surface area contributed by atoms with Crippen molar-refractivity contribution < 1.29 is 4.42 Å². The van der Waals surface area contributed by atoms with Crippen LogP contribution in [-0.2, 0) is 6.42 Å². The molecule has 18 rings (SSSR count). The lowest BCUT2D eigenvalue weighted by atomic mass is 9.92. The molecule has 10 aromatic carbocycles. The quantitative estimate of drug-likeness (QED) is 0.172. The van der Waals surface area contributed by atoms with E-state index in [1.54, 1.807) is 0 Å². The Kier molecular flexibility index (Phi) is 9.41. The first-order valence-electron chi connectivity index (χ1n) is 28.0. The third kappa shape index (κ3) is 5.98. The molecule has 0 spiro atoms. The highest BCUT2D eigenvalue weighted by Crippen LogP contribution is 2.55. The summed E-state index contributed by atoms with van der Waals surface area (Å²) >= 11 is 1.89. The van der Waals surface area contributed by atoms with Gasteiger partial charge >= 0.3 is 0 Å². The van der Waals surface area contributed by atoms with Gasteiger partial charge in [0, 0.05) is 70.2 Å². The monoisotopic (exact) mass is 1060 g/mol. The SMILES string of the molecule is N#Cc1c(-n2c3c(c4ccccc42)CCC=C3)c(-n2c3cc(-c4cccc5oc6ccccc6c45)ccc3c3ccc4c(c32)SC2C=CC=CC42)c(C#N)c(-n2c3ccccc3c3ccccc32)c1-n1c2ccccc2c2ccccc21. The van der Waals surface area contributed by atoms with Gasteiger partial charge in [-0.3, -0.25) is 0 Å². The number of nitriles is 2. The molecule has 382 valence electrons. The second-order valence-electron chi connectivity index (χ2n) is 21.9. The number of nitrogens with zero attached hydrogens (tertiary/aromatic N) is 6. The Morgan fingerprint density at radius 2 is 0.988 bits per heavy atom. The van der Waals surface area contributed by atoms with Crippen molar-refractivity contribution in [3.8, 4) is 46.0 Å². The van der Waals surface area contributed by atoms with Crippen LogP contribution in [0.4, 0.5) is 0 Å². The molecule has 3 aliphatic rings. The van der Waals surface area contributed by atoms with E-state index in [1.165, 1.54) is 16.0 Å². The van der Waals surface area contributed by atoms with Crippen LogP contribution in [0.15, 0.2) is 234 Å². The Balaban J connectivity index is 1.12. The molecular formula is C74H44N6OS. The average Bonchev–Trinajstić information content (AvgIpc) is 4.24. The number of fused-ring (bicyclic) bond motifs is 19. The number of aryl methyl sites for hydroxylation is 1. The average molecular weight is 1070 g/mol. The maximum Gasteiger partial charge on any atom is 0.136 e. The molecule has 0 bridgehead atoms. The van der Waals surface area contributed by atoms with Crippen LogP contribution in [-0.4, -0.2) is 23.5 Å². The van der Waals surface area contributed by atoms with Crippen molar-refractivity contribution in [3.05, 3.63) is 252 Å². The smallest absolute Gasteiger partial charge is 0.136 e. The molecule has 0 radical (unpaired) electrons. The highest BCUT2D eigenvalue weighted by molar-refractivity contribution is 8.00. The van der Waals surface area contributed by atoms with Crippen molar-refractivity contribution in [1.82, 2.24) is 18.3 Å². The van der Waals surface area contributed by atoms with Crippen LogP contribution in [0.3, 0.4) is 0 Å². The number of hydrogen-bond acceptors (Lipinski definition) is 4. The summed E-state index contributed by atoms with van der Waals surface area (Å²) in [6.07, 6.45) is 15.2. The number of furan rings is 1. The molecule has 0 N–H and O–H groups in total. The molecule has 0 amide bonds. The van der Waals surface area contributed by atoms with Crippen LogP contribution in [0.5, 0.6) is 0 Å². The van der Waals surface area contributed by atoms with E-state index in [9.17, 15) is 10.5 Å². The summed E-state index contributed by atoms with van der Waals surface area (Å²) < 4.78 is 15.9. The number of thioether (sulfide) groups is 1. The molecule has 15 aromatic rings. The van der Waals surface area contributed by atoms with E-state index in [0.29, 0.717) is 33.9 Å². The van der Waals surface area contributed by atoms with Gasteiger partial charge in [0.25, 0.3) is 0 Å². The third-order valence-electron chi connectivity index (χ3n) is 17.9. The Morgan fingerprint density at radius 1 is 0.463 bits per heavy atom. The summed E-state index contributed by atoms with van der Waals surface area (Å²) in [5.74, 6) is 0.157. The van der Waals surface area contributed by atoms with E-state index in [0.717, 1.165) is 128 Å². The predicted molar refractivity (Wildman–Crippen MR) is 336 cm³/mol. The molecule has 2 aliphatic carbocycles. The Bertz CT molecular complexity index is 5450. The van der Waals surface area contributed by atoms with Crippen LogP contribution in [0, 0.1) is 22.7 Å². The van der Waals surface area contributed by atoms with E-state index < -0.39 is 0 Å². The Morgan fingerprint density at radius 3 is 1.63 bits per heavy atom. The zero-order valence-corrected chi connectivity index (χ0v) is 44.8. The lowest BCUT2D eigenvalue weighted by Crippen LogP contribution is -2.17. The van der Waals surface area contributed by atoms with Crippen LogP contribution in [0.25, 0.3) is 138 Å². The third-order valence-corrected chi connectivity index (χ3v) is 19.2. The van der Waals surface area contributed by atoms with Gasteiger partial charge in [-0.2, -0.15) is 10.5 Å². The van der Waals surface area contributed by atoms with Gasteiger partial charge in [0.1, 0.15) is 34.4 Å². The minimum Gasteiger partial charge on any atom is -0.456 e. The second kappa shape index (κ2) is 17.0. The molecular weight excluding hydrogens is 1020 g/mol. The molecule has 2 unspecified atom stereocenters. The molecule has 6 heterocycles. The first kappa shape index (κ1) is 45.4. The standard InChI is InChI=1S/C74H44N6OS/c75-41-56-69(77-58-27-9-1-18-45(58)46-19-2-10-28-59(46)77)70(78-60-29-11-3-20-47(60)48-21-4-12-30-61(48)78)57(42-76)72(71(56)79-62-31-13-5-22-49(62)50-23-6-14-32-63(50)79)80-64-40-43(44-26-17-34-66-68(44)55-25-7-15-33-65(55)81-66)36-37-51(64)53-38-39-54-52-24-8-16-35-67(52)82-74(54)73(53)80/h1-5,7-22,24-40,52,67H,6,23H2. The van der Waals surface area contributed by atoms with Crippen molar-refractivity contribution >= 4 is 116 Å². The molecule has 82 heavy (non-hydrogen) atoms. The Hall–Kier alpha value is -10.5. The summed E-state index contributed by atoms with van der Waals surface area (Å²) in [5.41, 5.74) is 17.3. The molecule has 7 nitrogen and oxygen atoms in total. The molecule has 0 saturated heterocycles. The largest absolute Gasteiger partial charge is 0.456 e. The van der Waals surface area contributed by atoms with Gasteiger partial charge in [-0.1, -0.05) is 176 Å². The number of para-hydroxylation sites is 6. The van der Waals surface area contributed by atoms with Gasteiger partial charge in [0.2, 0.25) is 0 Å². The topological polar surface area (TPSA) is 80.4 Å². The summed E-state index contributed by atoms with van der Waals surface area (Å²) in [7, 11) is 0. The second-order valence-corrected chi connectivity index (χ2v) is 23.1. The number of hydrogen-bond donors (Lipinski definition) is 0. The number of aromatic nitrogens is 4. The van der Waals surface area contributed by atoms with E-state index >= 15 is 0 Å². The highest BCUT2D eigenvalue weighted by atomic mass is 32.2. The molecule has 5 aromatic heterocycles. The summed E-state index contributed by atoms with van der Waals surface area (Å²) in [5, 5.41) is 35.7. The summed E-state index contributed by atoms with van der Waals surface area (Å²) in [6, 6.07) is 74.8. The summed E-state index contributed by atoms with van der Waals surface area (Å²) in [6.45, 7) is 0. The van der Waals surface area contributed by atoms with Crippen molar-refractivity contribution in [2.75, 3.05) is 0 Å². The first-order chi connectivity index (χ1) is 40.7. The molecule has 1 aliphatic heterocycles. The van der Waals surface area contributed by atoms with E-state index in [1.807, 2.05) is 23.9 Å². The van der Waals surface area contributed by atoms with Crippen molar-refractivity contribution in [2.24, 2.45) is 0 Å². The van der Waals surface area contributed by atoms with E-state index in [4.69, 9.17) is 4.42 Å². The fourth-order valence-corrected chi connectivity index (χ4v) is 16.0. The van der Waals surface area contributed by atoms with Crippen LogP contribution >= 0.6 is 11.8 Å². The fourth-order valence-electron chi connectivity index (χ4n) is 14.5. The molecule has 0 fully saturated rings. The first-order valence-corrected chi connectivity index (χ1v) is 28.9. The lowest BCUT2D eigenvalue weighted by Gasteiger charge is -2.27. The van der Waals surface area contributed by atoms with Gasteiger partial charge in [-0.25, -0.2) is 0 Å². The van der Waals surface area contributed by atoms with Gasteiger partial charge in [-0.05, 0) is 89.7 Å². The molecule has 2 atom stereocenters. The number of rotatable bonds is 5. The van der Waals surface area contributed by atoms with Crippen molar-refractivity contribution in [2.45, 2.75) is 28.9 Å². The number of allylic oxidation sites excluding steroid dienone is 4. The van der Waals surface area contributed by atoms with Crippen molar-refractivity contribution in [1.29, 1.82) is 10.5 Å². The number of benzene rings is 10. The molecule has 8 heteroatoms. The maximum atomic E-state index is 13.0. The van der Waals surface area contributed by atoms with Gasteiger partial charge < -0.3 is 22.7 Å². The van der Waals surface area contributed by atoms with Gasteiger partial charge in [0.05, 0.1) is 61.4 Å². The lowest BCUT2D eigenvalue weighted by molar-refractivity contribution is 0.669. The fraction of sp³-hybridized carbons (Fsp3) is 0.0541. The predicted octanol–water partition coefficient (Wildman–Crippen LogP) is 18.9. The summed E-state index contributed by atoms with van der Waals surface area (Å²) in [4.78, 5) is 1.17. The normalized spacial score (nSPS) is 15.5. The molecule has 0 saturated carbocycles. The van der Waals surface area contributed by atoms with Crippen LogP contribution in [0.2, 0.25) is 0 Å². The van der Waals surface area contributed by atoms with Crippen molar-refractivity contribution in [3.63, 3.8) is 0 Å². The zero-order valence-electron chi connectivity index (χ0n) is 44.0. The zero-order chi connectivity index (χ0) is 53.9.